The highest BCUT2D eigenvalue weighted by Gasteiger charge is 2.40. The maximum Gasteiger partial charge on any atom is 0.0677 e. The lowest BCUT2D eigenvalue weighted by molar-refractivity contribution is -0.0933. The van der Waals surface area contributed by atoms with E-state index >= 15 is 0 Å². The molecule has 15 heavy (non-hydrogen) atoms. The molecule has 1 saturated carbocycles. The van der Waals surface area contributed by atoms with Crippen LogP contribution in [0.2, 0.25) is 0 Å². The van der Waals surface area contributed by atoms with Crippen LogP contribution in [-0.4, -0.2) is 23.9 Å². The Morgan fingerprint density at radius 1 is 1.13 bits per heavy atom. The molecule has 0 spiro atoms. The van der Waals surface area contributed by atoms with E-state index in [9.17, 15) is 5.11 Å². The lowest BCUT2D eigenvalue weighted by atomic mass is 9.69. The second-order valence-electron chi connectivity index (χ2n) is 5.34. The van der Waals surface area contributed by atoms with Crippen LogP contribution < -0.4 is 0 Å². The quantitative estimate of drug-likeness (QED) is 0.762. The third-order valence-corrected chi connectivity index (χ3v) is 4.53. The summed E-state index contributed by atoms with van der Waals surface area (Å²) in [5.41, 5.74) is -0.352. The molecule has 0 atom stereocenters. The number of aliphatic hydroxyl groups is 1. The molecule has 2 nitrogen and oxygen atoms in total. The molecule has 2 aliphatic rings. The molecule has 0 aromatic heterocycles. The molecule has 2 rings (SSSR count). The summed E-state index contributed by atoms with van der Waals surface area (Å²) in [5, 5.41) is 10.7. The molecular formula is C13H24O2. The van der Waals surface area contributed by atoms with Crippen molar-refractivity contribution in [1.29, 1.82) is 0 Å². The first kappa shape index (κ1) is 11.4. The Kier molecular flexibility index (Phi) is 3.68. The van der Waals surface area contributed by atoms with E-state index < -0.39 is 0 Å². The molecule has 0 unspecified atom stereocenters. The lowest BCUT2D eigenvalue weighted by Crippen LogP contribution is -2.43. The summed E-state index contributed by atoms with van der Waals surface area (Å²) < 4.78 is 5.37. The average Bonchev–Trinajstić information content (AvgIpc) is 2.31. The Labute approximate surface area is 93.0 Å². The van der Waals surface area contributed by atoms with Gasteiger partial charge in [-0.2, -0.15) is 0 Å². The first-order valence-corrected chi connectivity index (χ1v) is 6.55. The fraction of sp³-hybridized carbons (Fsp3) is 1.00. The number of hydrogen-bond donors (Lipinski definition) is 1. The molecule has 1 aliphatic carbocycles. The summed E-state index contributed by atoms with van der Waals surface area (Å²) in [4.78, 5) is 0. The molecule has 0 aromatic rings. The summed E-state index contributed by atoms with van der Waals surface area (Å²) in [6.07, 6.45) is 7.91. The standard InChI is InChI=1S/C13H24O2/c1-2-11-3-7-13(14,8-4-11)12-5-9-15-10-6-12/h11-12,14H,2-10H2,1H3. The van der Waals surface area contributed by atoms with Crippen LogP contribution in [-0.2, 0) is 4.74 Å². The van der Waals surface area contributed by atoms with Crippen LogP contribution in [0.1, 0.15) is 51.9 Å². The third kappa shape index (κ3) is 2.54. The molecule has 1 N–H and O–H groups in total. The van der Waals surface area contributed by atoms with E-state index in [1.807, 2.05) is 0 Å². The molecule has 1 heterocycles. The predicted molar refractivity (Wildman–Crippen MR) is 60.7 cm³/mol. The normalized spacial score (nSPS) is 39.2. The fourth-order valence-corrected chi connectivity index (χ4v) is 3.23. The van der Waals surface area contributed by atoms with Crippen LogP contribution in [0.3, 0.4) is 0 Å². The highest BCUT2D eigenvalue weighted by atomic mass is 16.5. The van der Waals surface area contributed by atoms with Crippen molar-refractivity contribution in [2.75, 3.05) is 13.2 Å². The van der Waals surface area contributed by atoms with Gasteiger partial charge in [-0.3, -0.25) is 0 Å². The summed E-state index contributed by atoms with van der Waals surface area (Å²) in [6, 6.07) is 0. The Bertz CT molecular complexity index is 189. The summed E-state index contributed by atoms with van der Waals surface area (Å²) >= 11 is 0. The first-order valence-electron chi connectivity index (χ1n) is 6.55. The molecule has 0 bridgehead atoms. The highest BCUT2D eigenvalue weighted by Crippen LogP contribution is 2.41. The van der Waals surface area contributed by atoms with Crippen LogP contribution in [0.25, 0.3) is 0 Å². The van der Waals surface area contributed by atoms with E-state index in [4.69, 9.17) is 4.74 Å². The maximum absolute atomic E-state index is 10.7. The Morgan fingerprint density at radius 3 is 2.27 bits per heavy atom. The zero-order chi connectivity index (χ0) is 10.7. The second-order valence-corrected chi connectivity index (χ2v) is 5.34. The lowest BCUT2D eigenvalue weighted by Gasteiger charge is -2.43. The van der Waals surface area contributed by atoms with Gasteiger partial charge in [0.1, 0.15) is 0 Å². The minimum Gasteiger partial charge on any atom is -0.390 e. The van der Waals surface area contributed by atoms with Crippen LogP contribution >= 0.6 is 0 Å². The van der Waals surface area contributed by atoms with E-state index in [-0.39, 0.29) is 5.60 Å². The zero-order valence-electron chi connectivity index (χ0n) is 9.87. The van der Waals surface area contributed by atoms with Crippen molar-refractivity contribution >= 4 is 0 Å². The van der Waals surface area contributed by atoms with Gasteiger partial charge >= 0.3 is 0 Å². The summed E-state index contributed by atoms with van der Waals surface area (Å²) in [5.74, 6) is 1.37. The second kappa shape index (κ2) is 4.84. The SMILES string of the molecule is CCC1CCC(O)(C2CCOCC2)CC1. The molecule has 2 fully saturated rings. The molecular weight excluding hydrogens is 188 g/mol. The molecule has 1 saturated heterocycles. The highest BCUT2D eigenvalue weighted by molar-refractivity contribution is 4.91. The molecule has 1 aliphatic heterocycles. The van der Waals surface area contributed by atoms with Gasteiger partial charge in [-0.15, -0.1) is 0 Å². The molecule has 2 heteroatoms. The van der Waals surface area contributed by atoms with Crippen molar-refractivity contribution < 1.29 is 9.84 Å². The van der Waals surface area contributed by atoms with Crippen LogP contribution in [0.5, 0.6) is 0 Å². The topological polar surface area (TPSA) is 29.5 Å². The van der Waals surface area contributed by atoms with Gasteiger partial charge in [0, 0.05) is 13.2 Å². The third-order valence-electron chi connectivity index (χ3n) is 4.53. The van der Waals surface area contributed by atoms with Crippen LogP contribution in [0.4, 0.5) is 0 Å². The molecule has 0 aromatic carbocycles. The van der Waals surface area contributed by atoms with Crippen LogP contribution in [0, 0.1) is 11.8 Å². The van der Waals surface area contributed by atoms with Crippen LogP contribution in [0.15, 0.2) is 0 Å². The smallest absolute Gasteiger partial charge is 0.0677 e. The van der Waals surface area contributed by atoms with E-state index in [2.05, 4.69) is 6.92 Å². The van der Waals surface area contributed by atoms with Gasteiger partial charge in [0.25, 0.3) is 0 Å². The molecule has 0 amide bonds. The first-order chi connectivity index (χ1) is 7.24. The molecule has 0 radical (unpaired) electrons. The van der Waals surface area contributed by atoms with Crippen molar-refractivity contribution in [3.05, 3.63) is 0 Å². The Morgan fingerprint density at radius 2 is 1.73 bits per heavy atom. The monoisotopic (exact) mass is 212 g/mol. The van der Waals surface area contributed by atoms with Gasteiger partial charge in [-0.1, -0.05) is 13.3 Å². The van der Waals surface area contributed by atoms with Gasteiger partial charge in [-0.25, -0.2) is 0 Å². The Hall–Kier alpha value is -0.0800. The van der Waals surface area contributed by atoms with E-state index in [0.717, 1.165) is 44.8 Å². The summed E-state index contributed by atoms with van der Waals surface area (Å²) in [7, 11) is 0. The maximum atomic E-state index is 10.7. The Balaban J connectivity index is 1.89. The van der Waals surface area contributed by atoms with Crippen molar-refractivity contribution in [1.82, 2.24) is 0 Å². The minimum absolute atomic E-state index is 0.352. The average molecular weight is 212 g/mol. The predicted octanol–water partition coefficient (Wildman–Crippen LogP) is 2.74. The van der Waals surface area contributed by atoms with Crippen molar-refractivity contribution in [2.45, 2.75) is 57.5 Å². The summed E-state index contributed by atoms with van der Waals surface area (Å²) in [6.45, 7) is 3.97. The van der Waals surface area contributed by atoms with Crippen molar-refractivity contribution in [3.63, 3.8) is 0 Å². The minimum atomic E-state index is -0.352. The van der Waals surface area contributed by atoms with E-state index in [1.54, 1.807) is 0 Å². The van der Waals surface area contributed by atoms with Gasteiger partial charge in [-0.05, 0) is 50.4 Å². The molecule has 88 valence electrons. The van der Waals surface area contributed by atoms with E-state index in [1.165, 1.54) is 19.3 Å². The number of rotatable bonds is 2. The van der Waals surface area contributed by atoms with E-state index in [0.29, 0.717) is 5.92 Å². The van der Waals surface area contributed by atoms with Gasteiger partial charge in [0.15, 0.2) is 0 Å². The van der Waals surface area contributed by atoms with Gasteiger partial charge < -0.3 is 9.84 Å². The van der Waals surface area contributed by atoms with Gasteiger partial charge in [0.05, 0.1) is 5.60 Å². The zero-order valence-corrected chi connectivity index (χ0v) is 9.87. The largest absolute Gasteiger partial charge is 0.390 e. The van der Waals surface area contributed by atoms with Crippen molar-refractivity contribution in [3.8, 4) is 0 Å². The number of hydrogen-bond acceptors (Lipinski definition) is 2. The fourth-order valence-electron chi connectivity index (χ4n) is 3.23. The van der Waals surface area contributed by atoms with Crippen molar-refractivity contribution in [2.24, 2.45) is 11.8 Å². The number of ether oxygens (including phenoxy) is 1. The van der Waals surface area contributed by atoms with Gasteiger partial charge in [0.2, 0.25) is 0 Å².